The van der Waals surface area contributed by atoms with Crippen molar-refractivity contribution in [3.05, 3.63) is 69.8 Å². The minimum Gasteiger partial charge on any atom is -0.377 e. The molecule has 0 aromatic heterocycles. The van der Waals surface area contributed by atoms with Crippen molar-refractivity contribution >= 4 is 0 Å². The van der Waals surface area contributed by atoms with Crippen molar-refractivity contribution in [1.82, 2.24) is 0 Å². The van der Waals surface area contributed by atoms with E-state index in [0.29, 0.717) is 49.3 Å². The van der Waals surface area contributed by atoms with Gasteiger partial charge >= 0.3 is 0 Å². The summed E-state index contributed by atoms with van der Waals surface area (Å²) in [6.07, 6.45) is 6.51. The van der Waals surface area contributed by atoms with Gasteiger partial charge in [0.1, 0.15) is 0 Å². The number of hydrogen-bond donors (Lipinski definition) is 0. The van der Waals surface area contributed by atoms with Crippen LogP contribution >= 0.6 is 0 Å². The summed E-state index contributed by atoms with van der Waals surface area (Å²) in [4.78, 5) is 0. The zero-order chi connectivity index (χ0) is 24.9. The largest absolute Gasteiger partial charge is 0.377 e. The average Bonchev–Trinajstić information content (AvgIpc) is 2.87. The Morgan fingerprint density at radius 1 is 0.657 bits per heavy atom. The van der Waals surface area contributed by atoms with Gasteiger partial charge < -0.3 is 9.47 Å². The van der Waals surface area contributed by atoms with Crippen LogP contribution in [0.1, 0.15) is 99.3 Å². The Hall–Kier alpha value is -1.92. The van der Waals surface area contributed by atoms with Crippen LogP contribution in [0.25, 0.3) is 0 Å². The van der Waals surface area contributed by atoms with Gasteiger partial charge in [-0.15, -0.1) is 0 Å². The lowest BCUT2D eigenvalue weighted by atomic mass is 9.77. The van der Waals surface area contributed by atoms with Gasteiger partial charge in [0.25, 0.3) is 0 Å². The molecule has 0 unspecified atom stereocenters. The van der Waals surface area contributed by atoms with Crippen molar-refractivity contribution in [2.75, 3.05) is 6.61 Å². The summed E-state index contributed by atoms with van der Waals surface area (Å²) < 4.78 is 69.7. The third-order valence-corrected chi connectivity index (χ3v) is 7.89. The van der Waals surface area contributed by atoms with Crippen molar-refractivity contribution < 1.29 is 27.0 Å². The molecule has 2 aromatic carbocycles. The monoisotopic (exact) mass is 492 g/mol. The maximum atomic E-state index is 15.0. The Balaban J connectivity index is 1.32. The van der Waals surface area contributed by atoms with E-state index in [4.69, 9.17) is 9.47 Å². The molecule has 6 heteroatoms. The highest BCUT2D eigenvalue weighted by molar-refractivity contribution is 5.32. The van der Waals surface area contributed by atoms with Gasteiger partial charge in [-0.2, -0.15) is 0 Å². The van der Waals surface area contributed by atoms with E-state index < -0.39 is 23.3 Å². The van der Waals surface area contributed by atoms with Gasteiger partial charge in [-0.1, -0.05) is 44.0 Å². The molecule has 2 aromatic rings. The lowest BCUT2D eigenvalue weighted by Crippen LogP contribution is -2.22. The molecule has 0 saturated heterocycles. The van der Waals surface area contributed by atoms with Gasteiger partial charge in [0.2, 0.25) is 0 Å². The second kappa shape index (κ2) is 11.9. The highest BCUT2D eigenvalue weighted by atomic mass is 19.2. The van der Waals surface area contributed by atoms with Crippen molar-refractivity contribution in [3.63, 3.8) is 0 Å². The minimum absolute atomic E-state index is 0.0231. The first kappa shape index (κ1) is 26.2. The van der Waals surface area contributed by atoms with E-state index in [0.717, 1.165) is 25.7 Å². The standard InChI is InChI=1S/C29H36F4O2/c1-3-34-16-21-8-9-22(27(31)26(21)30)17-35-23-12-10-20(11-13-23)25-15-14-24(28(32)29(25)33)19-6-4-18(2)5-7-19/h8-9,14-15,18-20,23H,3-7,10-13,16-17H2,1-2H3. The van der Waals surface area contributed by atoms with Gasteiger partial charge in [0, 0.05) is 17.7 Å². The van der Waals surface area contributed by atoms with Crippen molar-refractivity contribution in [3.8, 4) is 0 Å². The average molecular weight is 493 g/mol. The molecule has 0 heterocycles. The molecular formula is C29H36F4O2. The summed E-state index contributed by atoms with van der Waals surface area (Å²) in [5.74, 6) is -2.46. The molecule has 0 bridgehead atoms. The highest BCUT2D eigenvalue weighted by Crippen LogP contribution is 2.40. The van der Waals surface area contributed by atoms with Crippen molar-refractivity contribution in [2.24, 2.45) is 5.92 Å². The van der Waals surface area contributed by atoms with Crippen molar-refractivity contribution in [1.29, 1.82) is 0 Å². The first-order valence-corrected chi connectivity index (χ1v) is 13.0. The summed E-state index contributed by atoms with van der Waals surface area (Å²) in [5.41, 5.74) is 1.33. The van der Waals surface area contributed by atoms with Gasteiger partial charge in [-0.25, -0.2) is 17.6 Å². The molecule has 4 rings (SSSR count). The van der Waals surface area contributed by atoms with E-state index in [-0.39, 0.29) is 42.3 Å². The van der Waals surface area contributed by atoms with Crippen molar-refractivity contribution in [2.45, 2.75) is 96.4 Å². The van der Waals surface area contributed by atoms with Crippen LogP contribution < -0.4 is 0 Å². The number of benzene rings is 2. The topological polar surface area (TPSA) is 18.5 Å². The van der Waals surface area contributed by atoms with Crippen LogP contribution in [0.5, 0.6) is 0 Å². The fourth-order valence-corrected chi connectivity index (χ4v) is 5.59. The zero-order valence-corrected chi connectivity index (χ0v) is 20.7. The number of ether oxygens (including phenoxy) is 2. The number of halogens is 4. The number of rotatable bonds is 8. The van der Waals surface area contributed by atoms with E-state index >= 15 is 4.39 Å². The Bertz CT molecular complexity index is 993. The molecule has 0 spiro atoms. The molecule has 0 radical (unpaired) electrons. The third-order valence-electron chi connectivity index (χ3n) is 7.89. The second-order valence-electron chi connectivity index (χ2n) is 10.3. The smallest absolute Gasteiger partial charge is 0.164 e. The van der Waals surface area contributed by atoms with Crippen LogP contribution in [-0.2, 0) is 22.7 Å². The molecule has 2 aliphatic rings. The second-order valence-corrected chi connectivity index (χ2v) is 10.3. The Kier molecular flexibility index (Phi) is 8.87. The van der Waals surface area contributed by atoms with E-state index in [1.807, 2.05) is 0 Å². The molecular weight excluding hydrogens is 456 g/mol. The molecule has 192 valence electrons. The summed E-state index contributed by atoms with van der Waals surface area (Å²) in [5, 5.41) is 0. The van der Waals surface area contributed by atoms with Gasteiger partial charge in [0.15, 0.2) is 23.3 Å². The molecule has 0 atom stereocenters. The maximum absolute atomic E-state index is 15.0. The zero-order valence-electron chi connectivity index (χ0n) is 20.7. The van der Waals surface area contributed by atoms with E-state index in [1.165, 1.54) is 12.1 Å². The van der Waals surface area contributed by atoms with Gasteiger partial charge in [0.05, 0.1) is 19.3 Å². The Morgan fingerprint density at radius 3 is 1.66 bits per heavy atom. The summed E-state index contributed by atoms with van der Waals surface area (Å²) in [6, 6.07) is 6.63. The molecule has 35 heavy (non-hydrogen) atoms. The van der Waals surface area contributed by atoms with Crippen LogP contribution in [0, 0.1) is 29.2 Å². The third kappa shape index (κ3) is 6.08. The Labute approximate surface area is 206 Å². The fourth-order valence-electron chi connectivity index (χ4n) is 5.59. The van der Waals surface area contributed by atoms with Crippen LogP contribution in [-0.4, -0.2) is 12.7 Å². The van der Waals surface area contributed by atoms with Gasteiger partial charge in [-0.05, 0) is 74.3 Å². The number of hydrogen-bond acceptors (Lipinski definition) is 2. The van der Waals surface area contributed by atoms with E-state index in [1.54, 1.807) is 19.1 Å². The maximum Gasteiger partial charge on any atom is 0.164 e. The molecule has 2 saturated carbocycles. The molecule has 0 aliphatic heterocycles. The molecule has 2 nitrogen and oxygen atoms in total. The molecule has 0 amide bonds. The van der Waals surface area contributed by atoms with E-state index in [2.05, 4.69) is 6.92 Å². The first-order chi connectivity index (χ1) is 16.9. The fraction of sp³-hybridized carbons (Fsp3) is 0.586. The van der Waals surface area contributed by atoms with Crippen LogP contribution in [0.15, 0.2) is 24.3 Å². The summed E-state index contributed by atoms with van der Waals surface area (Å²) in [6.45, 7) is 4.44. The molecule has 0 N–H and O–H groups in total. The quantitative estimate of drug-likeness (QED) is 0.345. The minimum atomic E-state index is -0.902. The lowest BCUT2D eigenvalue weighted by Gasteiger charge is -2.30. The molecule has 2 aliphatic carbocycles. The normalized spacial score (nSPS) is 25.1. The van der Waals surface area contributed by atoms with Crippen LogP contribution in [0.4, 0.5) is 17.6 Å². The van der Waals surface area contributed by atoms with Gasteiger partial charge in [-0.3, -0.25) is 0 Å². The predicted molar refractivity (Wildman–Crippen MR) is 128 cm³/mol. The molecule has 2 fully saturated rings. The van der Waals surface area contributed by atoms with Crippen LogP contribution in [0.3, 0.4) is 0 Å². The lowest BCUT2D eigenvalue weighted by molar-refractivity contribution is 0.0116. The first-order valence-electron chi connectivity index (χ1n) is 13.0. The summed E-state index contributed by atoms with van der Waals surface area (Å²) in [7, 11) is 0. The Morgan fingerprint density at radius 2 is 1.14 bits per heavy atom. The predicted octanol–water partition coefficient (Wildman–Crippen LogP) is 8.32. The highest BCUT2D eigenvalue weighted by Gasteiger charge is 2.29. The summed E-state index contributed by atoms with van der Waals surface area (Å²) >= 11 is 0. The van der Waals surface area contributed by atoms with E-state index in [9.17, 15) is 13.2 Å². The van der Waals surface area contributed by atoms with Crippen LogP contribution in [0.2, 0.25) is 0 Å². The SMILES string of the molecule is CCOCc1ccc(COC2CCC(c3ccc(C4CCC(C)CC4)c(F)c3F)CC2)c(F)c1F.